The lowest BCUT2D eigenvalue weighted by molar-refractivity contribution is 0.636. The van der Waals surface area contributed by atoms with Crippen molar-refractivity contribution < 1.29 is 0 Å². The minimum atomic E-state index is 0.746. The van der Waals surface area contributed by atoms with Gasteiger partial charge in [-0.05, 0) is 37.4 Å². The number of rotatable bonds is 4. The highest BCUT2D eigenvalue weighted by molar-refractivity contribution is 9.13. The monoisotopic (exact) mass is 357 g/mol. The van der Waals surface area contributed by atoms with Crippen LogP contribution >= 0.6 is 31.9 Å². The maximum atomic E-state index is 4.41. The third-order valence-corrected chi connectivity index (χ3v) is 4.53. The first kappa shape index (κ1) is 12.8. The Hall–Kier alpha value is -0.650. The molecule has 0 atom stereocenters. The van der Waals surface area contributed by atoms with Crippen LogP contribution < -0.4 is 5.32 Å². The van der Waals surface area contributed by atoms with Crippen LogP contribution in [-0.2, 0) is 20.1 Å². The highest BCUT2D eigenvalue weighted by atomic mass is 79.9. The molecule has 1 heterocycles. The van der Waals surface area contributed by atoms with Crippen molar-refractivity contribution in [2.75, 3.05) is 0 Å². The normalized spacial score (nSPS) is 10.8. The fourth-order valence-electron chi connectivity index (χ4n) is 1.56. The van der Waals surface area contributed by atoms with Crippen LogP contribution in [0.2, 0.25) is 0 Å². The lowest BCUT2D eigenvalue weighted by atomic mass is 10.2. The number of hydrogen-bond donors (Lipinski definition) is 1. The molecule has 2 rings (SSSR count). The molecule has 0 bridgehead atoms. The van der Waals surface area contributed by atoms with E-state index in [4.69, 9.17) is 0 Å². The third-order valence-electron chi connectivity index (χ3n) is 2.53. The van der Waals surface area contributed by atoms with Gasteiger partial charge in [0.15, 0.2) is 0 Å². The quantitative estimate of drug-likeness (QED) is 0.909. The summed E-state index contributed by atoms with van der Waals surface area (Å²) in [4.78, 5) is 4.41. The Balaban J connectivity index is 1.92. The fourth-order valence-corrected chi connectivity index (χ4v) is 2.32. The number of benzene rings is 1. The zero-order valence-electron chi connectivity index (χ0n) is 9.45. The van der Waals surface area contributed by atoms with Gasteiger partial charge in [-0.2, -0.15) is 0 Å². The number of imidazole rings is 1. The van der Waals surface area contributed by atoms with Crippen LogP contribution in [0.5, 0.6) is 0 Å². The molecule has 3 nitrogen and oxygen atoms in total. The van der Waals surface area contributed by atoms with E-state index in [0.29, 0.717) is 0 Å². The van der Waals surface area contributed by atoms with Crippen LogP contribution in [0.4, 0.5) is 0 Å². The van der Waals surface area contributed by atoms with E-state index in [1.807, 2.05) is 29.8 Å². The van der Waals surface area contributed by atoms with Crippen molar-refractivity contribution in [2.45, 2.75) is 13.1 Å². The molecule has 5 heteroatoms. The SMILES string of the molecule is Cn1c(CNCc2ccccc2)nc(Br)c1Br. The first-order valence-corrected chi connectivity index (χ1v) is 6.88. The predicted octanol–water partition coefficient (Wildman–Crippen LogP) is 3.23. The second kappa shape index (κ2) is 5.80. The molecule has 1 N–H and O–H groups in total. The first-order chi connectivity index (χ1) is 8.18. The van der Waals surface area contributed by atoms with E-state index in [-0.39, 0.29) is 0 Å². The Morgan fingerprint density at radius 1 is 1.18 bits per heavy atom. The number of hydrogen-bond acceptors (Lipinski definition) is 2. The molecule has 0 aliphatic rings. The fraction of sp³-hybridized carbons (Fsp3) is 0.250. The largest absolute Gasteiger partial charge is 0.324 e. The summed E-state index contributed by atoms with van der Waals surface area (Å²) in [5.41, 5.74) is 1.28. The molecular formula is C12H13Br2N3. The summed E-state index contributed by atoms with van der Waals surface area (Å²) in [5.74, 6) is 1.000. The van der Waals surface area contributed by atoms with Gasteiger partial charge in [-0.3, -0.25) is 0 Å². The second-order valence-electron chi connectivity index (χ2n) is 3.76. The highest BCUT2D eigenvalue weighted by Crippen LogP contribution is 2.22. The minimum Gasteiger partial charge on any atom is -0.324 e. The minimum absolute atomic E-state index is 0.746. The number of nitrogens with one attached hydrogen (secondary N) is 1. The first-order valence-electron chi connectivity index (χ1n) is 5.29. The average molecular weight is 359 g/mol. The van der Waals surface area contributed by atoms with E-state index in [1.165, 1.54) is 5.56 Å². The van der Waals surface area contributed by atoms with Crippen molar-refractivity contribution in [3.63, 3.8) is 0 Å². The second-order valence-corrected chi connectivity index (χ2v) is 5.26. The standard InChI is InChI=1S/C12H13Br2N3/c1-17-10(16-11(13)12(17)14)8-15-7-9-5-3-2-4-6-9/h2-6,15H,7-8H2,1H3. The molecule has 0 saturated heterocycles. The molecule has 0 amide bonds. The van der Waals surface area contributed by atoms with Gasteiger partial charge in [0.05, 0.1) is 6.54 Å². The summed E-state index contributed by atoms with van der Waals surface area (Å²) in [7, 11) is 1.99. The maximum Gasteiger partial charge on any atom is 0.139 e. The highest BCUT2D eigenvalue weighted by Gasteiger charge is 2.09. The Morgan fingerprint density at radius 2 is 1.88 bits per heavy atom. The van der Waals surface area contributed by atoms with Crippen molar-refractivity contribution in [3.05, 3.63) is 50.9 Å². The molecule has 0 unspecified atom stereocenters. The smallest absolute Gasteiger partial charge is 0.139 e. The summed E-state index contributed by atoms with van der Waals surface area (Å²) >= 11 is 6.86. The zero-order chi connectivity index (χ0) is 12.3. The van der Waals surface area contributed by atoms with Crippen LogP contribution in [0.15, 0.2) is 39.5 Å². The van der Waals surface area contributed by atoms with Gasteiger partial charge in [-0.1, -0.05) is 30.3 Å². The van der Waals surface area contributed by atoms with Gasteiger partial charge in [0.2, 0.25) is 0 Å². The van der Waals surface area contributed by atoms with Crippen molar-refractivity contribution in [3.8, 4) is 0 Å². The number of nitrogens with zero attached hydrogens (tertiary/aromatic N) is 2. The van der Waals surface area contributed by atoms with Crippen molar-refractivity contribution >= 4 is 31.9 Å². The zero-order valence-corrected chi connectivity index (χ0v) is 12.6. The van der Waals surface area contributed by atoms with Crippen molar-refractivity contribution in [1.82, 2.24) is 14.9 Å². The summed E-state index contributed by atoms with van der Waals surface area (Å²) < 4.78 is 3.83. The molecule has 17 heavy (non-hydrogen) atoms. The van der Waals surface area contributed by atoms with Crippen molar-refractivity contribution in [2.24, 2.45) is 7.05 Å². The van der Waals surface area contributed by atoms with Gasteiger partial charge in [0, 0.05) is 13.6 Å². The topological polar surface area (TPSA) is 29.9 Å². The molecule has 0 aliphatic heterocycles. The summed E-state index contributed by atoms with van der Waals surface area (Å²) in [6, 6.07) is 10.3. The summed E-state index contributed by atoms with van der Waals surface area (Å²) in [5, 5.41) is 3.37. The van der Waals surface area contributed by atoms with Crippen molar-refractivity contribution in [1.29, 1.82) is 0 Å². The van der Waals surface area contributed by atoms with Crippen LogP contribution in [0.25, 0.3) is 0 Å². The molecule has 0 saturated carbocycles. The molecule has 90 valence electrons. The lowest BCUT2D eigenvalue weighted by Crippen LogP contribution is -2.15. The Morgan fingerprint density at radius 3 is 2.47 bits per heavy atom. The van der Waals surface area contributed by atoms with Crippen LogP contribution in [0.1, 0.15) is 11.4 Å². The average Bonchev–Trinajstić information content (AvgIpc) is 2.59. The van der Waals surface area contributed by atoms with E-state index < -0.39 is 0 Å². The molecule has 0 radical (unpaired) electrons. The summed E-state index contributed by atoms with van der Waals surface area (Å²) in [6.07, 6.45) is 0. The van der Waals surface area contributed by atoms with E-state index >= 15 is 0 Å². The molecule has 0 spiro atoms. The maximum absolute atomic E-state index is 4.41. The molecule has 1 aromatic heterocycles. The molecular weight excluding hydrogens is 346 g/mol. The van der Waals surface area contributed by atoms with Crippen LogP contribution in [0.3, 0.4) is 0 Å². The van der Waals surface area contributed by atoms with E-state index in [9.17, 15) is 0 Å². The van der Waals surface area contributed by atoms with Gasteiger partial charge in [0.25, 0.3) is 0 Å². The van der Waals surface area contributed by atoms with E-state index in [1.54, 1.807) is 0 Å². The van der Waals surface area contributed by atoms with Crippen LogP contribution in [0, 0.1) is 0 Å². The number of aromatic nitrogens is 2. The van der Waals surface area contributed by atoms with E-state index in [2.05, 4.69) is 54.3 Å². The Labute approximate surface area is 118 Å². The number of halogens is 2. The lowest BCUT2D eigenvalue weighted by Gasteiger charge is -2.05. The third kappa shape index (κ3) is 3.18. The Kier molecular flexibility index (Phi) is 4.36. The predicted molar refractivity (Wildman–Crippen MR) is 75.6 cm³/mol. The van der Waals surface area contributed by atoms with Gasteiger partial charge in [-0.15, -0.1) is 0 Å². The Bertz CT molecular complexity index is 494. The summed E-state index contributed by atoms with van der Waals surface area (Å²) in [6.45, 7) is 1.60. The van der Waals surface area contributed by atoms with Gasteiger partial charge < -0.3 is 9.88 Å². The molecule has 0 fully saturated rings. The van der Waals surface area contributed by atoms with E-state index in [0.717, 1.165) is 28.1 Å². The molecule has 1 aromatic carbocycles. The molecule has 0 aliphatic carbocycles. The van der Waals surface area contributed by atoms with Gasteiger partial charge in [0.1, 0.15) is 15.0 Å². The van der Waals surface area contributed by atoms with Crippen LogP contribution in [-0.4, -0.2) is 9.55 Å². The van der Waals surface area contributed by atoms with Gasteiger partial charge in [-0.25, -0.2) is 4.98 Å². The van der Waals surface area contributed by atoms with Gasteiger partial charge >= 0.3 is 0 Å². The molecule has 2 aromatic rings.